The second-order valence-corrected chi connectivity index (χ2v) is 8.30. The van der Waals surface area contributed by atoms with Crippen molar-refractivity contribution in [2.45, 2.75) is 42.9 Å². The Morgan fingerprint density at radius 1 is 1.14 bits per heavy atom. The summed E-state index contributed by atoms with van der Waals surface area (Å²) in [4.78, 5) is 26.2. The highest BCUT2D eigenvalue weighted by atomic mass is 32.2. The first-order chi connectivity index (χ1) is 10.3. The van der Waals surface area contributed by atoms with E-state index in [9.17, 15) is 18.0 Å². The summed E-state index contributed by atoms with van der Waals surface area (Å²) in [7, 11) is -3.78. The van der Waals surface area contributed by atoms with Crippen LogP contribution in [-0.4, -0.2) is 42.8 Å². The topological polar surface area (TPSA) is 71.5 Å². The van der Waals surface area contributed by atoms with Crippen LogP contribution in [0.4, 0.5) is 0 Å². The normalized spacial score (nSPS) is 28.8. The van der Waals surface area contributed by atoms with Gasteiger partial charge in [-0.2, -0.15) is 0 Å². The first kappa shape index (κ1) is 15.2. The number of hydrogen-bond donors (Lipinski definition) is 0. The van der Waals surface area contributed by atoms with E-state index in [1.54, 1.807) is 36.1 Å². The molecule has 2 heterocycles. The van der Waals surface area contributed by atoms with Crippen molar-refractivity contribution in [3.63, 3.8) is 0 Å². The van der Waals surface area contributed by atoms with Gasteiger partial charge in [0.2, 0.25) is 5.91 Å². The summed E-state index contributed by atoms with van der Waals surface area (Å²) in [6, 6.07) is 6.02. The van der Waals surface area contributed by atoms with E-state index in [1.807, 2.05) is 6.92 Å². The van der Waals surface area contributed by atoms with Gasteiger partial charge in [0.05, 0.1) is 10.9 Å². The molecule has 2 aliphatic rings. The van der Waals surface area contributed by atoms with Crippen molar-refractivity contribution in [2.24, 2.45) is 5.92 Å². The molecule has 1 aromatic carbocycles. The third-order valence-electron chi connectivity index (χ3n) is 4.64. The first-order valence-corrected chi connectivity index (χ1v) is 9.01. The van der Waals surface area contributed by atoms with Crippen LogP contribution in [0.5, 0.6) is 0 Å². The Morgan fingerprint density at radius 2 is 1.77 bits per heavy atom. The molecule has 3 atom stereocenters. The standard InChI is InChI=1S/C16H19NO4S/c1-10-3-5-12(6-4-10)22(20,21)16-13-7-8-14(18)17(13)9-11(2)15(16)19/h3-6,11,13,16H,7-9H2,1-2H3/t11?,13-,16-/m0/s1. The second kappa shape index (κ2) is 5.19. The van der Waals surface area contributed by atoms with E-state index >= 15 is 0 Å². The maximum absolute atomic E-state index is 12.9. The summed E-state index contributed by atoms with van der Waals surface area (Å²) in [5.74, 6) is -0.756. The van der Waals surface area contributed by atoms with Crippen LogP contribution in [0.1, 0.15) is 25.3 Å². The number of piperidine rings is 1. The summed E-state index contributed by atoms with van der Waals surface area (Å²) in [5, 5.41) is -1.13. The number of carbonyl (C=O) groups is 2. The van der Waals surface area contributed by atoms with E-state index in [4.69, 9.17) is 0 Å². The number of ketones is 1. The van der Waals surface area contributed by atoms with Gasteiger partial charge in [-0.3, -0.25) is 9.59 Å². The zero-order chi connectivity index (χ0) is 16.1. The molecule has 0 saturated carbocycles. The first-order valence-electron chi connectivity index (χ1n) is 7.46. The molecule has 0 N–H and O–H groups in total. The quantitative estimate of drug-likeness (QED) is 0.824. The van der Waals surface area contributed by atoms with E-state index in [2.05, 4.69) is 0 Å². The fraction of sp³-hybridized carbons (Fsp3) is 0.500. The van der Waals surface area contributed by atoms with Crippen molar-refractivity contribution >= 4 is 21.5 Å². The minimum absolute atomic E-state index is 0.0477. The highest BCUT2D eigenvalue weighted by molar-refractivity contribution is 7.93. The van der Waals surface area contributed by atoms with Crippen molar-refractivity contribution < 1.29 is 18.0 Å². The average molecular weight is 321 g/mol. The second-order valence-electron chi connectivity index (χ2n) is 6.23. The lowest BCUT2D eigenvalue weighted by molar-refractivity contribution is -0.135. The van der Waals surface area contributed by atoms with Crippen LogP contribution < -0.4 is 0 Å². The Kier molecular flexibility index (Phi) is 3.59. The summed E-state index contributed by atoms with van der Waals surface area (Å²) in [6.45, 7) is 3.91. The monoisotopic (exact) mass is 321 g/mol. The Hall–Kier alpha value is -1.69. The van der Waals surface area contributed by atoms with E-state index < -0.39 is 27.0 Å². The van der Waals surface area contributed by atoms with E-state index in [0.29, 0.717) is 19.4 Å². The zero-order valence-corrected chi connectivity index (χ0v) is 13.5. The van der Waals surface area contributed by atoms with Gasteiger partial charge in [0.25, 0.3) is 0 Å². The Morgan fingerprint density at radius 3 is 2.41 bits per heavy atom. The van der Waals surface area contributed by atoms with Crippen molar-refractivity contribution in [3.8, 4) is 0 Å². The van der Waals surface area contributed by atoms with Gasteiger partial charge >= 0.3 is 0 Å². The van der Waals surface area contributed by atoms with Crippen LogP contribution in [0.15, 0.2) is 29.2 Å². The molecule has 1 amide bonds. The molecule has 6 heteroatoms. The number of fused-ring (bicyclic) bond motifs is 1. The van der Waals surface area contributed by atoms with Crippen LogP contribution in [0.25, 0.3) is 0 Å². The molecular weight excluding hydrogens is 302 g/mol. The number of rotatable bonds is 2. The molecule has 1 unspecified atom stereocenters. The number of hydrogen-bond acceptors (Lipinski definition) is 4. The lowest BCUT2D eigenvalue weighted by atomic mass is 9.93. The maximum atomic E-state index is 12.9. The Bertz CT molecular complexity index is 723. The predicted octanol–water partition coefficient (Wildman–Crippen LogP) is 1.35. The zero-order valence-electron chi connectivity index (χ0n) is 12.7. The molecule has 0 spiro atoms. The molecule has 2 aliphatic heterocycles. The molecule has 0 radical (unpaired) electrons. The number of amides is 1. The minimum Gasteiger partial charge on any atom is -0.337 e. The number of aryl methyl sites for hydroxylation is 1. The average Bonchev–Trinajstić information content (AvgIpc) is 2.81. The van der Waals surface area contributed by atoms with Crippen molar-refractivity contribution in [1.82, 2.24) is 4.90 Å². The lowest BCUT2D eigenvalue weighted by Gasteiger charge is -2.38. The van der Waals surface area contributed by atoms with Gasteiger partial charge in [-0.15, -0.1) is 0 Å². The fourth-order valence-corrected chi connectivity index (χ4v) is 5.44. The maximum Gasteiger partial charge on any atom is 0.222 e. The van der Waals surface area contributed by atoms with Gasteiger partial charge in [0.1, 0.15) is 5.25 Å². The van der Waals surface area contributed by atoms with Crippen molar-refractivity contribution in [3.05, 3.63) is 29.8 Å². The molecule has 5 nitrogen and oxygen atoms in total. The summed E-state index contributed by atoms with van der Waals surface area (Å²) >= 11 is 0. The van der Waals surface area contributed by atoms with Crippen molar-refractivity contribution in [1.29, 1.82) is 0 Å². The molecule has 1 aromatic rings. The van der Waals surface area contributed by atoms with Crippen LogP contribution in [-0.2, 0) is 19.4 Å². The molecule has 2 saturated heterocycles. The van der Waals surface area contributed by atoms with Crippen molar-refractivity contribution in [2.75, 3.05) is 6.54 Å². The lowest BCUT2D eigenvalue weighted by Crippen LogP contribution is -2.57. The molecular formula is C16H19NO4S. The molecule has 118 valence electrons. The van der Waals surface area contributed by atoms with Crippen LogP contribution in [0.2, 0.25) is 0 Å². The highest BCUT2D eigenvalue weighted by Crippen LogP contribution is 2.35. The molecule has 0 aliphatic carbocycles. The van der Waals surface area contributed by atoms with E-state index in [1.165, 1.54) is 0 Å². The van der Waals surface area contributed by atoms with Crippen LogP contribution in [0.3, 0.4) is 0 Å². The number of benzene rings is 1. The van der Waals surface area contributed by atoms with Gasteiger partial charge in [-0.1, -0.05) is 24.6 Å². The van der Waals surface area contributed by atoms with Gasteiger partial charge in [0.15, 0.2) is 15.6 Å². The third kappa shape index (κ3) is 2.26. The largest absolute Gasteiger partial charge is 0.337 e. The SMILES string of the molecule is Cc1ccc(S(=O)(=O)[C@@H]2C(=O)C(C)CN3C(=O)CC[C@@H]23)cc1. The number of carbonyl (C=O) groups excluding carboxylic acids is 2. The van der Waals surface area contributed by atoms with E-state index in [0.717, 1.165) is 5.56 Å². The van der Waals surface area contributed by atoms with Gasteiger partial charge in [-0.05, 0) is 25.5 Å². The van der Waals surface area contributed by atoms with E-state index in [-0.39, 0.29) is 16.6 Å². The number of nitrogens with zero attached hydrogens (tertiary/aromatic N) is 1. The fourth-order valence-electron chi connectivity index (χ4n) is 3.40. The summed E-state index contributed by atoms with van der Waals surface area (Å²) in [5.41, 5.74) is 0.958. The van der Waals surface area contributed by atoms with Crippen LogP contribution in [0, 0.1) is 12.8 Å². The van der Waals surface area contributed by atoms with Gasteiger partial charge < -0.3 is 4.90 Å². The molecule has 2 fully saturated rings. The van der Waals surface area contributed by atoms with Gasteiger partial charge in [-0.25, -0.2) is 8.42 Å². The highest BCUT2D eigenvalue weighted by Gasteiger charge is 2.52. The summed E-state index contributed by atoms with van der Waals surface area (Å²) in [6.07, 6.45) is 0.762. The Labute approximate surface area is 130 Å². The molecule has 0 bridgehead atoms. The van der Waals surface area contributed by atoms with Crippen LogP contribution >= 0.6 is 0 Å². The molecule has 3 rings (SSSR count). The predicted molar refractivity (Wildman–Crippen MR) is 81.1 cm³/mol. The molecule has 22 heavy (non-hydrogen) atoms. The van der Waals surface area contributed by atoms with Gasteiger partial charge in [0, 0.05) is 18.9 Å². The number of Topliss-reactive ketones (excluding diaryl/α,β-unsaturated/α-hetero) is 1. The smallest absolute Gasteiger partial charge is 0.222 e. The summed E-state index contributed by atoms with van der Waals surface area (Å²) < 4.78 is 25.9. The molecule has 0 aromatic heterocycles. The number of sulfone groups is 1. The third-order valence-corrected chi connectivity index (χ3v) is 6.79. The minimum atomic E-state index is -3.78. The Balaban J connectivity index is 2.05.